The molecule has 1 atom stereocenters. The van der Waals surface area contributed by atoms with Crippen molar-refractivity contribution < 1.29 is 14.7 Å². The van der Waals surface area contributed by atoms with Gasteiger partial charge in [0.15, 0.2) is 11.4 Å². The van der Waals surface area contributed by atoms with Crippen molar-refractivity contribution in [1.29, 1.82) is 0 Å². The van der Waals surface area contributed by atoms with E-state index in [9.17, 15) is 14.7 Å². The second-order valence-corrected chi connectivity index (χ2v) is 6.73. The predicted molar refractivity (Wildman–Crippen MR) is 93.9 cm³/mol. The quantitative estimate of drug-likeness (QED) is 0.798. The number of aliphatic hydroxyl groups is 1. The van der Waals surface area contributed by atoms with Gasteiger partial charge in [0.1, 0.15) is 0 Å². The van der Waals surface area contributed by atoms with Crippen molar-refractivity contribution in [3.8, 4) is 0 Å². The van der Waals surface area contributed by atoms with Crippen LogP contribution in [-0.4, -0.2) is 28.3 Å². The second kappa shape index (κ2) is 6.45. The van der Waals surface area contributed by atoms with Gasteiger partial charge < -0.3 is 10.0 Å². The number of nitrogens with zero attached hydrogens (tertiary/aromatic N) is 2. The fourth-order valence-electron chi connectivity index (χ4n) is 3.01. The van der Waals surface area contributed by atoms with Crippen LogP contribution in [0.3, 0.4) is 0 Å². The molecular weight excluding hydrogens is 372 g/mol. The van der Waals surface area contributed by atoms with Crippen LogP contribution >= 0.6 is 15.9 Å². The molecule has 1 amide bonds. The van der Waals surface area contributed by atoms with Gasteiger partial charge in [-0.2, -0.15) is 0 Å². The average molecular weight is 389 g/mol. The largest absolute Gasteiger partial charge is 0.375 e. The Morgan fingerprint density at radius 2 is 2.00 bits per heavy atom. The van der Waals surface area contributed by atoms with Crippen molar-refractivity contribution in [2.45, 2.75) is 25.4 Å². The lowest BCUT2D eigenvalue weighted by Gasteiger charge is -2.22. The Labute approximate surface area is 148 Å². The fourth-order valence-corrected chi connectivity index (χ4v) is 3.37. The minimum absolute atomic E-state index is 0.292. The number of pyridine rings is 1. The Morgan fingerprint density at radius 1 is 1.29 bits per heavy atom. The van der Waals surface area contributed by atoms with E-state index in [1.54, 1.807) is 29.2 Å². The first-order chi connectivity index (χ1) is 11.5. The minimum Gasteiger partial charge on any atom is -0.375 e. The number of aromatic nitrogens is 1. The summed E-state index contributed by atoms with van der Waals surface area (Å²) in [4.78, 5) is 30.8. The van der Waals surface area contributed by atoms with Crippen molar-refractivity contribution in [1.82, 2.24) is 4.98 Å². The molecule has 0 saturated carbocycles. The summed E-state index contributed by atoms with van der Waals surface area (Å²) in [7, 11) is 0. The molecule has 2 heterocycles. The van der Waals surface area contributed by atoms with E-state index in [-0.39, 0.29) is 12.2 Å². The zero-order valence-corrected chi connectivity index (χ0v) is 14.8. The van der Waals surface area contributed by atoms with Gasteiger partial charge in [0.25, 0.3) is 5.91 Å². The summed E-state index contributed by atoms with van der Waals surface area (Å²) in [6, 6.07) is 8.49. The Balaban J connectivity index is 2.01. The summed E-state index contributed by atoms with van der Waals surface area (Å²) in [6.45, 7) is 2.46. The van der Waals surface area contributed by atoms with Gasteiger partial charge in [-0.25, -0.2) is 0 Å². The molecule has 1 aromatic carbocycles. The topological polar surface area (TPSA) is 70.5 Å². The molecule has 1 aromatic heterocycles. The molecule has 6 heteroatoms. The summed E-state index contributed by atoms with van der Waals surface area (Å²) in [6.07, 6.45) is 3.50. The lowest BCUT2D eigenvalue weighted by molar-refractivity contribution is -0.135. The van der Waals surface area contributed by atoms with E-state index >= 15 is 0 Å². The predicted octanol–water partition coefficient (Wildman–Crippen LogP) is 3.06. The first kappa shape index (κ1) is 16.8. The number of carbonyl (C=O) groups is 2. The SMILES string of the molecule is CCCN1C(=O)C(O)(CC(=O)c2ccncc2)c2cc(Br)ccc21. The first-order valence-corrected chi connectivity index (χ1v) is 8.54. The lowest BCUT2D eigenvalue weighted by atomic mass is 9.88. The van der Waals surface area contributed by atoms with Crippen molar-refractivity contribution in [3.05, 3.63) is 58.3 Å². The molecule has 0 saturated heterocycles. The number of anilines is 1. The number of rotatable bonds is 5. The Hall–Kier alpha value is -2.05. The number of carbonyl (C=O) groups excluding carboxylic acids is 2. The van der Waals surface area contributed by atoms with Crippen LogP contribution in [0.2, 0.25) is 0 Å². The number of halogens is 1. The summed E-state index contributed by atoms with van der Waals surface area (Å²) < 4.78 is 0.752. The van der Waals surface area contributed by atoms with Gasteiger partial charge in [-0.05, 0) is 36.8 Å². The Bertz CT molecular complexity index is 794. The van der Waals surface area contributed by atoms with E-state index in [1.807, 2.05) is 13.0 Å². The van der Waals surface area contributed by atoms with Gasteiger partial charge >= 0.3 is 0 Å². The van der Waals surface area contributed by atoms with Crippen LogP contribution in [0, 0.1) is 0 Å². The molecule has 1 unspecified atom stereocenters. The molecule has 1 aliphatic rings. The molecule has 0 fully saturated rings. The van der Waals surface area contributed by atoms with Crippen LogP contribution in [0.25, 0.3) is 0 Å². The van der Waals surface area contributed by atoms with Crippen LogP contribution < -0.4 is 4.90 Å². The summed E-state index contributed by atoms with van der Waals surface area (Å²) >= 11 is 3.37. The van der Waals surface area contributed by atoms with E-state index in [0.29, 0.717) is 23.4 Å². The number of Topliss-reactive ketones (excluding diaryl/α,β-unsaturated/α-hetero) is 1. The van der Waals surface area contributed by atoms with Gasteiger partial charge in [0, 0.05) is 34.5 Å². The van der Waals surface area contributed by atoms with Crippen molar-refractivity contribution >= 4 is 33.3 Å². The second-order valence-electron chi connectivity index (χ2n) is 5.81. The maximum absolute atomic E-state index is 12.8. The maximum Gasteiger partial charge on any atom is 0.264 e. The minimum atomic E-state index is -1.84. The van der Waals surface area contributed by atoms with Gasteiger partial charge in [0.2, 0.25) is 0 Å². The maximum atomic E-state index is 12.8. The fraction of sp³-hybridized carbons (Fsp3) is 0.278. The van der Waals surface area contributed by atoms with Crippen LogP contribution in [0.15, 0.2) is 47.2 Å². The van der Waals surface area contributed by atoms with E-state index in [2.05, 4.69) is 20.9 Å². The molecule has 0 spiro atoms. The third-order valence-corrected chi connectivity index (χ3v) is 4.65. The molecule has 1 aliphatic heterocycles. The van der Waals surface area contributed by atoms with Crippen LogP contribution in [-0.2, 0) is 10.4 Å². The van der Waals surface area contributed by atoms with Gasteiger partial charge in [-0.1, -0.05) is 22.9 Å². The lowest BCUT2D eigenvalue weighted by Crippen LogP contribution is -2.42. The zero-order chi connectivity index (χ0) is 17.3. The molecule has 5 nitrogen and oxygen atoms in total. The smallest absolute Gasteiger partial charge is 0.264 e. The van der Waals surface area contributed by atoms with Crippen molar-refractivity contribution in [2.24, 2.45) is 0 Å². The molecule has 0 aliphatic carbocycles. The number of hydrogen-bond donors (Lipinski definition) is 1. The number of fused-ring (bicyclic) bond motifs is 1. The molecule has 1 N–H and O–H groups in total. The number of ketones is 1. The Kier molecular flexibility index (Phi) is 4.51. The van der Waals surface area contributed by atoms with Crippen molar-refractivity contribution in [3.63, 3.8) is 0 Å². The molecule has 0 radical (unpaired) electrons. The molecule has 3 rings (SSSR count). The normalized spacial score (nSPS) is 19.5. The van der Waals surface area contributed by atoms with E-state index in [1.165, 1.54) is 12.4 Å². The molecular formula is C18H17BrN2O3. The van der Waals surface area contributed by atoms with Gasteiger partial charge in [-0.15, -0.1) is 0 Å². The van der Waals surface area contributed by atoms with E-state index < -0.39 is 11.5 Å². The molecule has 24 heavy (non-hydrogen) atoms. The van der Waals surface area contributed by atoms with E-state index in [0.717, 1.165) is 10.9 Å². The molecule has 2 aromatic rings. The number of amides is 1. The standard InChI is InChI=1S/C18H17BrN2O3/c1-2-9-21-15-4-3-13(19)10-14(15)18(24,17(21)23)11-16(22)12-5-7-20-8-6-12/h3-8,10,24H,2,9,11H2,1H3. The zero-order valence-electron chi connectivity index (χ0n) is 13.2. The Morgan fingerprint density at radius 3 is 2.67 bits per heavy atom. The summed E-state index contributed by atoms with van der Waals surface area (Å²) in [5, 5.41) is 11.1. The number of hydrogen-bond acceptors (Lipinski definition) is 4. The first-order valence-electron chi connectivity index (χ1n) is 7.75. The highest BCUT2D eigenvalue weighted by molar-refractivity contribution is 9.10. The summed E-state index contributed by atoms with van der Waals surface area (Å²) in [5.74, 6) is -0.739. The third kappa shape index (κ3) is 2.76. The third-order valence-electron chi connectivity index (χ3n) is 4.16. The number of benzene rings is 1. The highest BCUT2D eigenvalue weighted by Crippen LogP contribution is 2.44. The highest BCUT2D eigenvalue weighted by atomic mass is 79.9. The van der Waals surface area contributed by atoms with Crippen LogP contribution in [0.4, 0.5) is 5.69 Å². The average Bonchev–Trinajstić information content (AvgIpc) is 2.78. The van der Waals surface area contributed by atoms with Gasteiger partial charge in [-0.3, -0.25) is 14.6 Å². The molecule has 124 valence electrons. The van der Waals surface area contributed by atoms with Crippen LogP contribution in [0.1, 0.15) is 35.7 Å². The molecule has 0 bridgehead atoms. The van der Waals surface area contributed by atoms with Crippen molar-refractivity contribution in [2.75, 3.05) is 11.4 Å². The van der Waals surface area contributed by atoms with E-state index in [4.69, 9.17) is 0 Å². The van der Waals surface area contributed by atoms with Crippen LogP contribution in [0.5, 0.6) is 0 Å². The van der Waals surface area contributed by atoms with Gasteiger partial charge in [0.05, 0.1) is 12.1 Å². The highest BCUT2D eigenvalue weighted by Gasteiger charge is 2.50. The monoisotopic (exact) mass is 388 g/mol. The summed E-state index contributed by atoms with van der Waals surface area (Å²) in [5.41, 5.74) is -0.279.